The van der Waals surface area contributed by atoms with Gasteiger partial charge in [-0.25, -0.2) is 0 Å². The monoisotopic (exact) mass is 433 g/mol. The topological polar surface area (TPSA) is 29.5 Å². The van der Waals surface area contributed by atoms with Crippen molar-refractivity contribution in [2.75, 3.05) is 19.7 Å². The Bertz CT molecular complexity index is 884. The Kier molecular flexibility index (Phi) is 6.37. The van der Waals surface area contributed by atoms with E-state index in [1.165, 1.54) is 31.2 Å². The first kappa shape index (κ1) is 21.7. The van der Waals surface area contributed by atoms with Crippen molar-refractivity contribution < 1.29 is 11.0 Å². The van der Waals surface area contributed by atoms with Crippen molar-refractivity contribution in [1.82, 2.24) is 4.90 Å². The van der Waals surface area contributed by atoms with Gasteiger partial charge in [-0.2, -0.15) is 0 Å². The molecule has 2 aromatic rings. The minimum atomic E-state index is -0.523. The molecule has 0 radical (unpaired) electrons. The quantitative estimate of drug-likeness (QED) is 0.496. The van der Waals surface area contributed by atoms with Gasteiger partial charge in [0.15, 0.2) is 0 Å². The molecule has 2 aromatic carbocycles. The normalized spacial score (nSPS) is 27.8. The van der Waals surface area contributed by atoms with E-state index in [4.69, 9.17) is 4.74 Å². The number of benzene rings is 2. The van der Waals surface area contributed by atoms with E-state index in [1.807, 2.05) is 6.07 Å². The van der Waals surface area contributed by atoms with Gasteiger partial charge in [0.1, 0.15) is 0 Å². The van der Waals surface area contributed by atoms with Crippen molar-refractivity contribution >= 4 is 5.97 Å². The summed E-state index contributed by atoms with van der Waals surface area (Å²) >= 11 is 0. The van der Waals surface area contributed by atoms with Crippen LogP contribution in [0.1, 0.15) is 58.0 Å². The standard InChI is InChI=1S/C29H37NO2.H2/c1-29(26-14-8-9-15-26,25-12-6-3-7-13-25)28(31)32-21-27-23-16-17-24(27)20-30(19-23)18-22-10-4-2-5-11-22;/h2-7,10-13,23-24,26-27H,8-9,14-21H2,1H3;1H. The fourth-order valence-electron chi connectivity index (χ4n) is 6.80. The summed E-state index contributed by atoms with van der Waals surface area (Å²) in [6, 6.07) is 21.2. The Labute approximate surface area is 194 Å². The minimum Gasteiger partial charge on any atom is -0.465 e. The van der Waals surface area contributed by atoms with Gasteiger partial charge < -0.3 is 4.74 Å². The summed E-state index contributed by atoms with van der Waals surface area (Å²) in [4.78, 5) is 16.2. The number of carbonyl (C=O) groups excluding carboxylic acids is 1. The van der Waals surface area contributed by atoms with Crippen molar-refractivity contribution in [1.29, 1.82) is 0 Å². The molecule has 1 saturated heterocycles. The van der Waals surface area contributed by atoms with Crippen molar-refractivity contribution in [3.05, 3.63) is 71.8 Å². The smallest absolute Gasteiger partial charge is 0.316 e. The SMILES string of the molecule is CC(C(=O)OCC1C2CCC1CN(Cc1ccccc1)C2)(c1ccccc1)C1CCCC1.[HH]. The first-order chi connectivity index (χ1) is 15.6. The van der Waals surface area contributed by atoms with Crippen LogP contribution in [0, 0.1) is 23.7 Å². The van der Waals surface area contributed by atoms with E-state index in [0.29, 0.717) is 30.3 Å². The Balaban J connectivity index is 0.00000259. The van der Waals surface area contributed by atoms with E-state index in [0.717, 1.165) is 38.0 Å². The number of carbonyl (C=O) groups is 1. The number of nitrogens with zero attached hydrogens (tertiary/aromatic N) is 1. The third-order valence-corrected chi connectivity index (χ3v) is 8.73. The second-order valence-electron chi connectivity index (χ2n) is 10.6. The molecule has 3 atom stereocenters. The summed E-state index contributed by atoms with van der Waals surface area (Å²) in [5.41, 5.74) is 2.00. The van der Waals surface area contributed by atoms with Crippen LogP contribution in [0.4, 0.5) is 0 Å². The zero-order valence-corrected chi connectivity index (χ0v) is 19.4. The van der Waals surface area contributed by atoms with Crippen LogP contribution in [0.5, 0.6) is 0 Å². The summed E-state index contributed by atoms with van der Waals surface area (Å²) < 4.78 is 6.19. The van der Waals surface area contributed by atoms with Crippen molar-refractivity contribution in [2.24, 2.45) is 23.7 Å². The predicted molar refractivity (Wildman–Crippen MR) is 130 cm³/mol. The molecule has 3 heteroatoms. The second kappa shape index (κ2) is 9.39. The number of rotatable bonds is 7. The molecule has 3 aliphatic rings. The van der Waals surface area contributed by atoms with Gasteiger partial charge in [-0.3, -0.25) is 9.69 Å². The van der Waals surface area contributed by atoms with Gasteiger partial charge in [0.05, 0.1) is 12.0 Å². The lowest BCUT2D eigenvalue weighted by atomic mass is 9.71. The molecule has 2 aliphatic carbocycles. The van der Waals surface area contributed by atoms with Crippen LogP contribution >= 0.6 is 0 Å². The summed E-state index contributed by atoms with van der Waals surface area (Å²) in [6.07, 6.45) is 7.26. The highest BCUT2D eigenvalue weighted by atomic mass is 16.5. The van der Waals surface area contributed by atoms with Crippen LogP contribution < -0.4 is 0 Å². The second-order valence-corrected chi connectivity index (χ2v) is 10.6. The van der Waals surface area contributed by atoms with E-state index in [-0.39, 0.29) is 7.40 Å². The third kappa shape index (κ3) is 4.24. The zero-order valence-electron chi connectivity index (χ0n) is 19.4. The van der Waals surface area contributed by atoms with Crippen LogP contribution in [0.15, 0.2) is 60.7 Å². The molecule has 0 N–H and O–H groups in total. The van der Waals surface area contributed by atoms with E-state index >= 15 is 0 Å². The van der Waals surface area contributed by atoms with Gasteiger partial charge in [-0.1, -0.05) is 73.5 Å². The average molecular weight is 434 g/mol. The highest BCUT2D eigenvalue weighted by Gasteiger charge is 2.47. The number of hydrogen-bond acceptors (Lipinski definition) is 3. The van der Waals surface area contributed by atoms with Crippen LogP contribution in [0.25, 0.3) is 0 Å². The molecule has 0 amide bonds. The van der Waals surface area contributed by atoms with Crippen LogP contribution in [0.3, 0.4) is 0 Å². The Morgan fingerprint density at radius 3 is 2.16 bits per heavy atom. The Morgan fingerprint density at radius 2 is 1.53 bits per heavy atom. The Morgan fingerprint density at radius 1 is 0.938 bits per heavy atom. The van der Waals surface area contributed by atoms with Crippen LogP contribution in [0.2, 0.25) is 0 Å². The lowest BCUT2D eigenvalue weighted by molar-refractivity contribution is -0.155. The van der Waals surface area contributed by atoms with Crippen molar-refractivity contribution in [3.63, 3.8) is 0 Å². The predicted octanol–water partition coefficient (Wildman–Crippen LogP) is 6.08. The fourth-order valence-corrected chi connectivity index (χ4v) is 6.80. The number of piperidine rings is 1. The van der Waals surface area contributed by atoms with Gasteiger partial charge in [0.2, 0.25) is 0 Å². The highest BCUT2D eigenvalue weighted by molar-refractivity contribution is 5.83. The molecule has 3 nitrogen and oxygen atoms in total. The summed E-state index contributed by atoms with van der Waals surface area (Å²) in [6.45, 7) is 6.03. The molecular weight excluding hydrogens is 394 g/mol. The fraction of sp³-hybridized carbons (Fsp3) is 0.552. The van der Waals surface area contributed by atoms with Crippen LogP contribution in [-0.2, 0) is 21.5 Å². The van der Waals surface area contributed by atoms with E-state index < -0.39 is 5.41 Å². The number of ether oxygens (including phenoxy) is 1. The molecule has 32 heavy (non-hydrogen) atoms. The molecule has 5 rings (SSSR count). The van der Waals surface area contributed by atoms with Gasteiger partial charge in [-0.05, 0) is 61.5 Å². The molecule has 0 spiro atoms. The molecule has 2 bridgehead atoms. The van der Waals surface area contributed by atoms with Gasteiger partial charge in [0, 0.05) is 27.0 Å². The van der Waals surface area contributed by atoms with E-state index in [2.05, 4.69) is 66.4 Å². The van der Waals surface area contributed by atoms with E-state index in [1.54, 1.807) is 0 Å². The number of fused-ring (bicyclic) bond motifs is 2. The van der Waals surface area contributed by atoms with Gasteiger partial charge in [-0.15, -0.1) is 0 Å². The number of hydrogen-bond donors (Lipinski definition) is 0. The van der Waals surface area contributed by atoms with Crippen molar-refractivity contribution in [3.8, 4) is 0 Å². The molecule has 3 unspecified atom stereocenters. The molecule has 2 saturated carbocycles. The molecule has 172 valence electrons. The number of likely N-dealkylation sites (tertiary alicyclic amines) is 1. The largest absolute Gasteiger partial charge is 0.465 e. The lowest BCUT2D eigenvalue weighted by Crippen LogP contribution is -2.45. The first-order valence-corrected chi connectivity index (χ1v) is 12.6. The average Bonchev–Trinajstić information content (AvgIpc) is 3.45. The van der Waals surface area contributed by atoms with Gasteiger partial charge in [0.25, 0.3) is 0 Å². The minimum absolute atomic E-state index is 0. The molecule has 1 heterocycles. The highest BCUT2D eigenvalue weighted by Crippen LogP contribution is 2.45. The maximum absolute atomic E-state index is 13.6. The summed E-state index contributed by atoms with van der Waals surface area (Å²) in [5, 5.41) is 0. The zero-order chi connectivity index (χ0) is 22.0. The maximum atomic E-state index is 13.6. The number of esters is 1. The Hall–Kier alpha value is -2.13. The summed E-state index contributed by atoms with van der Waals surface area (Å²) in [7, 11) is 0. The van der Waals surface area contributed by atoms with Gasteiger partial charge >= 0.3 is 5.97 Å². The first-order valence-electron chi connectivity index (χ1n) is 12.6. The third-order valence-electron chi connectivity index (χ3n) is 8.73. The maximum Gasteiger partial charge on any atom is 0.316 e. The molecule has 0 aromatic heterocycles. The van der Waals surface area contributed by atoms with Crippen molar-refractivity contribution in [2.45, 2.75) is 57.4 Å². The molecular formula is C29H39NO2. The van der Waals surface area contributed by atoms with E-state index in [9.17, 15) is 4.79 Å². The molecule has 3 fully saturated rings. The van der Waals surface area contributed by atoms with Crippen LogP contribution in [-0.4, -0.2) is 30.6 Å². The lowest BCUT2D eigenvalue weighted by Gasteiger charge is -2.39. The molecule has 1 aliphatic heterocycles. The summed E-state index contributed by atoms with van der Waals surface area (Å²) in [5.74, 6) is 2.22.